The number of rotatable bonds is 8. The normalized spacial score (nSPS) is 16.2. The number of hydrogen-bond acceptors (Lipinski definition) is 9. The van der Waals surface area contributed by atoms with Crippen molar-refractivity contribution in [2.45, 2.75) is 0 Å². The maximum absolute atomic E-state index is 12.9. The molecule has 2 aliphatic rings. The fourth-order valence-electron chi connectivity index (χ4n) is 5.06. The molecule has 0 radical (unpaired) electrons. The number of fused-ring (bicyclic) bond motifs is 1. The van der Waals surface area contributed by atoms with E-state index in [1.807, 2.05) is 24.3 Å². The molecule has 3 aromatic carbocycles. The number of aromatic nitrogens is 1. The van der Waals surface area contributed by atoms with Gasteiger partial charge in [-0.3, -0.25) is 9.69 Å². The Morgan fingerprint density at radius 1 is 1.05 bits per heavy atom. The van der Waals surface area contributed by atoms with E-state index in [-0.39, 0.29) is 28.7 Å². The van der Waals surface area contributed by atoms with Gasteiger partial charge in [0.25, 0.3) is 11.8 Å². The predicted molar refractivity (Wildman–Crippen MR) is 158 cm³/mol. The monoisotopic (exact) mass is 589 g/mol. The summed E-state index contributed by atoms with van der Waals surface area (Å²) < 4.78 is 21.6. The summed E-state index contributed by atoms with van der Waals surface area (Å²) in [6.07, 6.45) is 0. The second-order valence-corrected chi connectivity index (χ2v) is 10.2. The SMILES string of the molecule is COc1cccc(-c2ccc(-c3cc4c(cc3Cl)NC(=O)/C4=C(/O)c3cc(OCCN4CCOCC4)no3)cc2)c1O. The van der Waals surface area contributed by atoms with E-state index >= 15 is 0 Å². The number of morpholine rings is 1. The van der Waals surface area contributed by atoms with Crippen LogP contribution < -0.4 is 14.8 Å². The number of benzene rings is 3. The van der Waals surface area contributed by atoms with Crippen molar-refractivity contribution in [3.63, 3.8) is 0 Å². The molecule has 1 amide bonds. The first-order valence-corrected chi connectivity index (χ1v) is 13.8. The van der Waals surface area contributed by atoms with E-state index in [4.69, 9.17) is 30.3 Å². The molecule has 0 saturated carbocycles. The van der Waals surface area contributed by atoms with Crippen molar-refractivity contribution in [3.8, 4) is 39.6 Å². The molecular weight excluding hydrogens is 562 g/mol. The van der Waals surface area contributed by atoms with Crippen LogP contribution in [0.25, 0.3) is 33.6 Å². The Morgan fingerprint density at radius 3 is 2.52 bits per heavy atom. The van der Waals surface area contributed by atoms with Crippen LogP contribution in [0.4, 0.5) is 5.69 Å². The maximum atomic E-state index is 12.9. The first-order valence-electron chi connectivity index (χ1n) is 13.4. The average molecular weight is 590 g/mol. The molecule has 11 heteroatoms. The highest BCUT2D eigenvalue weighted by atomic mass is 35.5. The van der Waals surface area contributed by atoms with Crippen LogP contribution in [-0.2, 0) is 9.53 Å². The van der Waals surface area contributed by atoms with Gasteiger partial charge < -0.3 is 34.3 Å². The Hall–Kier alpha value is -4.51. The summed E-state index contributed by atoms with van der Waals surface area (Å²) in [5.41, 5.74) is 3.83. The quantitative estimate of drug-likeness (QED) is 0.181. The minimum Gasteiger partial charge on any atom is -0.504 e. The highest BCUT2D eigenvalue weighted by molar-refractivity contribution is 6.38. The number of carbonyl (C=O) groups is 1. The summed E-state index contributed by atoms with van der Waals surface area (Å²) >= 11 is 6.62. The standard InChI is InChI=1S/C31H28ClN3O7/c1-39-25-4-2-3-20(29(25)36)18-5-7-19(8-6-18)21-15-22-24(16-23(21)32)33-31(38)28(22)30(37)26-17-27(34-42-26)41-14-11-35-9-12-40-13-10-35/h2-8,15-17,36-37H,9-14H2,1H3,(H,33,38)/b30-28+. The second kappa shape index (κ2) is 11.8. The highest BCUT2D eigenvalue weighted by Crippen LogP contribution is 2.43. The number of ether oxygens (including phenoxy) is 3. The van der Waals surface area contributed by atoms with Gasteiger partial charge in [0.2, 0.25) is 5.76 Å². The number of phenolic OH excluding ortho intramolecular Hbond substituents is 1. The Balaban J connectivity index is 1.25. The molecule has 0 aliphatic carbocycles. The molecule has 6 rings (SSSR count). The lowest BCUT2D eigenvalue weighted by Crippen LogP contribution is -2.38. The maximum Gasteiger partial charge on any atom is 0.260 e. The number of aromatic hydroxyl groups is 1. The van der Waals surface area contributed by atoms with Gasteiger partial charge in [0, 0.05) is 36.3 Å². The molecule has 3 N–H and O–H groups in total. The number of halogens is 1. The van der Waals surface area contributed by atoms with E-state index in [1.54, 1.807) is 30.3 Å². The zero-order valence-corrected chi connectivity index (χ0v) is 23.5. The van der Waals surface area contributed by atoms with Crippen LogP contribution in [-0.4, -0.2) is 72.7 Å². The number of carbonyl (C=O) groups excluding carboxylic acids is 1. The van der Waals surface area contributed by atoms with Crippen LogP contribution in [0, 0.1) is 0 Å². The number of aliphatic hydroxyl groups is 1. The van der Waals surface area contributed by atoms with Gasteiger partial charge >= 0.3 is 0 Å². The molecule has 216 valence electrons. The van der Waals surface area contributed by atoms with Crippen molar-refractivity contribution in [2.24, 2.45) is 0 Å². The molecule has 10 nitrogen and oxygen atoms in total. The Morgan fingerprint density at radius 2 is 1.79 bits per heavy atom. The predicted octanol–water partition coefficient (Wildman–Crippen LogP) is 5.47. The Bertz CT molecular complexity index is 1660. The van der Waals surface area contributed by atoms with Gasteiger partial charge in [0.05, 0.1) is 42.7 Å². The van der Waals surface area contributed by atoms with Crippen LogP contribution in [0.3, 0.4) is 0 Å². The number of anilines is 1. The second-order valence-electron chi connectivity index (χ2n) is 9.82. The number of aliphatic hydroxyl groups excluding tert-OH is 1. The molecule has 42 heavy (non-hydrogen) atoms. The molecule has 1 saturated heterocycles. The summed E-state index contributed by atoms with van der Waals surface area (Å²) in [5, 5.41) is 28.7. The molecule has 2 aliphatic heterocycles. The molecule has 0 atom stereocenters. The molecule has 0 unspecified atom stereocenters. The summed E-state index contributed by atoms with van der Waals surface area (Å²) in [4.78, 5) is 15.2. The van der Waals surface area contributed by atoms with Crippen LogP contribution in [0.1, 0.15) is 11.3 Å². The van der Waals surface area contributed by atoms with Crippen LogP contribution >= 0.6 is 11.6 Å². The lowest BCUT2D eigenvalue weighted by atomic mass is 9.96. The van der Waals surface area contributed by atoms with Crippen molar-refractivity contribution in [1.29, 1.82) is 0 Å². The molecule has 4 aromatic rings. The van der Waals surface area contributed by atoms with Gasteiger partial charge in [0.1, 0.15) is 6.61 Å². The fraction of sp³-hybridized carbons (Fsp3) is 0.226. The summed E-state index contributed by atoms with van der Waals surface area (Å²) in [5.74, 6) is -0.204. The summed E-state index contributed by atoms with van der Waals surface area (Å²) in [6.45, 7) is 4.19. The molecular formula is C31H28ClN3O7. The third-order valence-electron chi connectivity index (χ3n) is 7.30. The number of nitrogens with zero attached hydrogens (tertiary/aromatic N) is 2. The van der Waals surface area contributed by atoms with Crippen molar-refractivity contribution in [1.82, 2.24) is 10.1 Å². The van der Waals surface area contributed by atoms with Gasteiger partial charge in [-0.2, -0.15) is 0 Å². The van der Waals surface area contributed by atoms with E-state index in [0.29, 0.717) is 59.5 Å². The third kappa shape index (κ3) is 5.39. The first kappa shape index (κ1) is 27.6. The van der Waals surface area contributed by atoms with E-state index in [0.717, 1.165) is 24.2 Å². The van der Waals surface area contributed by atoms with Crippen molar-refractivity contribution >= 4 is 34.5 Å². The number of amides is 1. The zero-order valence-electron chi connectivity index (χ0n) is 22.7. The van der Waals surface area contributed by atoms with Crippen molar-refractivity contribution in [3.05, 3.63) is 77.0 Å². The van der Waals surface area contributed by atoms with Gasteiger partial charge in [-0.15, -0.1) is 0 Å². The molecule has 0 bridgehead atoms. The van der Waals surface area contributed by atoms with Crippen LogP contribution in [0.15, 0.2) is 65.2 Å². The number of methoxy groups -OCH3 is 1. The van der Waals surface area contributed by atoms with Gasteiger partial charge in [0.15, 0.2) is 17.3 Å². The van der Waals surface area contributed by atoms with Gasteiger partial charge in [-0.1, -0.05) is 48.0 Å². The molecule has 0 spiro atoms. The molecule has 1 fully saturated rings. The van der Waals surface area contributed by atoms with E-state index in [2.05, 4.69) is 15.4 Å². The Kier molecular flexibility index (Phi) is 7.75. The lowest BCUT2D eigenvalue weighted by molar-refractivity contribution is -0.110. The largest absolute Gasteiger partial charge is 0.504 e. The minimum absolute atomic E-state index is 0.00771. The lowest BCUT2D eigenvalue weighted by Gasteiger charge is -2.26. The first-order chi connectivity index (χ1) is 20.4. The Labute approximate surface area is 246 Å². The molecule has 3 heterocycles. The smallest absolute Gasteiger partial charge is 0.260 e. The van der Waals surface area contributed by atoms with Gasteiger partial charge in [-0.25, -0.2) is 0 Å². The van der Waals surface area contributed by atoms with Crippen LogP contribution in [0.5, 0.6) is 17.4 Å². The third-order valence-corrected chi connectivity index (χ3v) is 7.61. The van der Waals surface area contributed by atoms with Gasteiger partial charge in [-0.05, 0) is 34.5 Å². The number of para-hydroxylation sites is 1. The van der Waals surface area contributed by atoms with E-state index in [9.17, 15) is 15.0 Å². The van der Waals surface area contributed by atoms with Crippen molar-refractivity contribution < 1.29 is 33.7 Å². The number of nitrogens with one attached hydrogen (secondary N) is 1. The topological polar surface area (TPSA) is 127 Å². The highest BCUT2D eigenvalue weighted by Gasteiger charge is 2.31. The van der Waals surface area contributed by atoms with E-state index < -0.39 is 5.91 Å². The minimum atomic E-state index is -0.495. The summed E-state index contributed by atoms with van der Waals surface area (Å²) in [7, 11) is 1.50. The number of hydrogen-bond donors (Lipinski definition) is 3. The molecule has 1 aromatic heterocycles. The average Bonchev–Trinajstić information content (AvgIpc) is 3.60. The fourth-order valence-corrected chi connectivity index (χ4v) is 5.33. The van der Waals surface area contributed by atoms with Crippen molar-refractivity contribution in [2.75, 3.05) is 51.9 Å². The van der Waals surface area contributed by atoms with Crippen LogP contribution in [0.2, 0.25) is 5.02 Å². The number of phenols is 1. The van der Waals surface area contributed by atoms with E-state index in [1.165, 1.54) is 13.2 Å². The zero-order chi connectivity index (χ0) is 29.2. The summed E-state index contributed by atoms with van der Waals surface area (Å²) in [6, 6.07) is 17.6.